The van der Waals surface area contributed by atoms with E-state index in [0.29, 0.717) is 30.0 Å². The third kappa shape index (κ3) is 3.57. The number of aliphatic hydroxyl groups excluding tert-OH is 1. The van der Waals surface area contributed by atoms with Gasteiger partial charge in [-0.2, -0.15) is 0 Å². The molecule has 1 aliphatic rings. The van der Waals surface area contributed by atoms with Gasteiger partial charge in [0.1, 0.15) is 5.82 Å². The second-order valence-corrected chi connectivity index (χ2v) is 7.77. The SMILES string of the molecule is Cc1ccc(-c2nc3c(c(=O)n(CCCO)c(=O)n3C)n2CC2C=CC=CC2)cc1. The monoisotopic (exact) mass is 406 g/mol. The molecule has 1 N–H and O–H groups in total. The van der Waals surface area contributed by atoms with E-state index in [1.807, 2.05) is 47.9 Å². The number of rotatable bonds is 6. The van der Waals surface area contributed by atoms with Crippen LogP contribution < -0.4 is 11.2 Å². The highest BCUT2D eigenvalue weighted by molar-refractivity contribution is 5.77. The molecule has 0 bridgehead atoms. The number of nitrogens with zero attached hydrogens (tertiary/aromatic N) is 4. The Kier molecular flexibility index (Phi) is 5.55. The number of hydrogen-bond acceptors (Lipinski definition) is 4. The molecule has 156 valence electrons. The Balaban J connectivity index is 1.97. The summed E-state index contributed by atoms with van der Waals surface area (Å²) in [5.74, 6) is 0.916. The first kappa shape index (κ1) is 20.1. The highest BCUT2D eigenvalue weighted by atomic mass is 16.3. The zero-order chi connectivity index (χ0) is 21.3. The van der Waals surface area contributed by atoms with E-state index in [1.165, 1.54) is 9.13 Å². The Bertz CT molecular complexity index is 1240. The topological polar surface area (TPSA) is 82.1 Å². The fourth-order valence-corrected chi connectivity index (χ4v) is 3.90. The molecule has 1 atom stereocenters. The fraction of sp³-hybridized carbons (Fsp3) is 0.348. The van der Waals surface area contributed by atoms with Crippen molar-refractivity contribution < 1.29 is 5.11 Å². The van der Waals surface area contributed by atoms with Gasteiger partial charge in [-0.15, -0.1) is 0 Å². The number of fused-ring (bicyclic) bond motifs is 1. The first-order valence-electron chi connectivity index (χ1n) is 10.2. The smallest absolute Gasteiger partial charge is 0.332 e. The third-order valence-electron chi connectivity index (χ3n) is 5.57. The number of benzene rings is 1. The Morgan fingerprint density at radius 3 is 2.57 bits per heavy atom. The van der Waals surface area contributed by atoms with Gasteiger partial charge in [0.25, 0.3) is 5.56 Å². The Morgan fingerprint density at radius 2 is 1.90 bits per heavy atom. The van der Waals surface area contributed by atoms with E-state index in [1.54, 1.807) is 7.05 Å². The minimum Gasteiger partial charge on any atom is -0.396 e. The van der Waals surface area contributed by atoms with Crippen molar-refractivity contribution in [2.24, 2.45) is 13.0 Å². The Morgan fingerprint density at radius 1 is 1.13 bits per heavy atom. The molecule has 1 aliphatic carbocycles. The van der Waals surface area contributed by atoms with Crippen molar-refractivity contribution in [2.75, 3.05) is 6.61 Å². The minimum absolute atomic E-state index is 0.0826. The molecule has 0 amide bonds. The van der Waals surface area contributed by atoms with E-state index in [-0.39, 0.29) is 24.6 Å². The van der Waals surface area contributed by atoms with E-state index in [4.69, 9.17) is 4.98 Å². The van der Waals surface area contributed by atoms with Crippen molar-refractivity contribution in [3.63, 3.8) is 0 Å². The van der Waals surface area contributed by atoms with Gasteiger partial charge in [0.05, 0.1) is 0 Å². The van der Waals surface area contributed by atoms with Crippen LogP contribution >= 0.6 is 0 Å². The standard InChI is InChI=1S/C23H26N4O3/c1-16-9-11-18(12-10-16)20-24-21-19(27(20)15-17-7-4-3-5-8-17)22(29)26(13-6-14-28)23(30)25(21)2/h3-5,7,9-12,17,28H,6,8,13-15H2,1-2H3. The minimum atomic E-state index is -0.415. The molecule has 30 heavy (non-hydrogen) atoms. The van der Waals surface area contributed by atoms with Gasteiger partial charge in [0.2, 0.25) is 0 Å². The molecule has 0 fully saturated rings. The van der Waals surface area contributed by atoms with E-state index in [9.17, 15) is 14.7 Å². The maximum absolute atomic E-state index is 13.3. The zero-order valence-electron chi connectivity index (χ0n) is 17.3. The van der Waals surface area contributed by atoms with E-state index < -0.39 is 5.69 Å². The molecule has 0 saturated carbocycles. The van der Waals surface area contributed by atoms with Gasteiger partial charge >= 0.3 is 5.69 Å². The molecule has 2 heterocycles. The Labute approximate surface area is 174 Å². The summed E-state index contributed by atoms with van der Waals surface area (Å²) in [5, 5.41) is 9.18. The van der Waals surface area contributed by atoms with Crippen LogP contribution in [0.5, 0.6) is 0 Å². The normalized spacial score (nSPS) is 15.9. The summed E-state index contributed by atoms with van der Waals surface area (Å²) < 4.78 is 4.58. The summed E-state index contributed by atoms with van der Waals surface area (Å²) in [5.41, 5.74) is 2.08. The lowest BCUT2D eigenvalue weighted by molar-refractivity contribution is 0.277. The molecule has 7 nitrogen and oxygen atoms in total. The van der Waals surface area contributed by atoms with Crippen LogP contribution in [0.4, 0.5) is 0 Å². The largest absolute Gasteiger partial charge is 0.396 e. The van der Waals surface area contributed by atoms with Gasteiger partial charge in [-0.05, 0) is 25.7 Å². The van der Waals surface area contributed by atoms with Gasteiger partial charge < -0.3 is 9.67 Å². The van der Waals surface area contributed by atoms with Crippen molar-refractivity contribution in [3.8, 4) is 11.4 Å². The van der Waals surface area contributed by atoms with E-state index >= 15 is 0 Å². The summed E-state index contributed by atoms with van der Waals surface area (Å²) in [6, 6.07) is 8.01. The Hall–Kier alpha value is -3.19. The van der Waals surface area contributed by atoms with Crippen molar-refractivity contribution in [1.29, 1.82) is 0 Å². The van der Waals surface area contributed by atoms with Gasteiger partial charge in [-0.1, -0.05) is 54.1 Å². The van der Waals surface area contributed by atoms with Crippen LogP contribution in [0, 0.1) is 12.8 Å². The number of aliphatic hydroxyl groups is 1. The molecule has 7 heteroatoms. The van der Waals surface area contributed by atoms with Crippen molar-refractivity contribution >= 4 is 11.2 Å². The molecule has 1 aromatic carbocycles. The van der Waals surface area contributed by atoms with Crippen molar-refractivity contribution in [2.45, 2.75) is 32.9 Å². The average molecular weight is 406 g/mol. The van der Waals surface area contributed by atoms with Crippen LogP contribution in [0.25, 0.3) is 22.6 Å². The van der Waals surface area contributed by atoms with Gasteiger partial charge in [-0.3, -0.25) is 13.9 Å². The maximum atomic E-state index is 13.3. The van der Waals surface area contributed by atoms with Crippen LogP contribution in [-0.4, -0.2) is 30.4 Å². The summed E-state index contributed by atoms with van der Waals surface area (Å²) in [6.45, 7) is 2.71. The van der Waals surface area contributed by atoms with Crippen LogP contribution in [0.2, 0.25) is 0 Å². The number of aryl methyl sites for hydroxylation is 2. The lowest BCUT2D eigenvalue weighted by atomic mass is 10.0. The van der Waals surface area contributed by atoms with Crippen LogP contribution in [-0.2, 0) is 20.1 Å². The second-order valence-electron chi connectivity index (χ2n) is 7.77. The molecule has 0 spiro atoms. The first-order chi connectivity index (χ1) is 14.5. The average Bonchev–Trinajstić information content (AvgIpc) is 3.13. The van der Waals surface area contributed by atoms with Crippen molar-refractivity contribution in [1.82, 2.24) is 18.7 Å². The van der Waals surface area contributed by atoms with Crippen LogP contribution in [0.15, 0.2) is 58.2 Å². The molecule has 0 aliphatic heterocycles. The highest BCUT2D eigenvalue weighted by Crippen LogP contribution is 2.26. The van der Waals surface area contributed by atoms with Gasteiger partial charge in [0, 0.05) is 32.3 Å². The molecule has 0 saturated heterocycles. The van der Waals surface area contributed by atoms with E-state index in [2.05, 4.69) is 12.2 Å². The van der Waals surface area contributed by atoms with Crippen LogP contribution in [0.3, 0.4) is 0 Å². The number of imidazole rings is 1. The van der Waals surface area contributed by atoms with Gasteiger partial charge in [-0.25, -0.2) is 9.78 Å². The summed E-state index contributed by atoms with van der Waals surface area (Å²) in [4.78, 5) is 30.9. The quantitative estimate of drug-likeness (QED) is 0.681. The third-order valence-corrected chi connectivity index (χ3v) is 5.57. The predicted molar refractivity (Wildman–Crippen MR) is 117 cm³/mol. The molecule has 4 rings (SSSR count). The predicted octanol–water partition coefficient (Wildman–Crippen LogP) is 2.39. The van der Waals surface area contributed by atoms with Crippen molar-refractivity contribution in [3.05, 3.63) is 75.0 Å². The number of aromatic nitrogens is 4. The highest BCUT2D eigenvalue weighted by Gasteiger charge is 2.22. The summed E-state index contributed by atoms with van der Waals surface area (Å²) >= 11 is 0. The van der Waals surface area contributed by atoms with E-state index in [0.717, 1.165) is 17.5 Å². The second kappa shape index (κ2) is 8.28. The lowest BCUT2D eigenvalue weighted by Gasteiger charge is -2.17. The number of hydrogen-bond donors (Lipinski definition) is 1. The first-order valence-corrected chi connectivity index (χ1v) is 10.2. The summed E-state index contributed by atoms with van der Waals surface area (Å²) in [7, 11) is 1.64. The van der Waals surface area contributed by atoms with Gasteiger partial charge in [0.15, 0.2) is 11.2 Å². The number of allylic oxidation sites excluding steroid dienone is 4. The fourth-order valence-electron chi connectivity index (χ4n) is 3.90. The summed E-state index contributed by atoms with van der Waals surface area (Å²) in [6.07, 6.45) is 9.52. The molecule has 2 aromatic heterocycles. The zero-order valence-corrected chi connectivity index (χ0v) is 17.3. The molecular formula is C23H26N4O3. The molecule has 0 radical (unpaired) electrons. The molecular weight excluding hydrogens is 380 g/mol. The lowest BCUT2D eigenvalue weighted by Crippen LogP contribution is -2.40. The molecule has 1 unspecified atom stereocenters. The molecule has 3 aromatic rings. The maximum Gasteiger partial charge on any atom is 0.332 e. The van der Waals surface area contributed by atoms with Crippen LogP contribution in [0.1, 0.15) is 18.4 Å².